The van der Waals surface area contributed by atoms with Gasteiger partial charge in [-0.15, -0.1) is 0 Å². The molecule has 0 aliphatic carbocycles. The normalized spacial score (nSPS) is 20.6. The summed E-state index contributed by atoms with van der Waals surface area (Å²) in [6.45, 7) is 2.22. The van der Waals surface area contributed by atoms with Gasteiger partial charge in [-0.05, 0) is 12.1 Å². The average Bonchev–Trinajstić information content (AvgIpc) is 2.29. The molecule has 0 N–H and O–H groups in total. The van der Waals surface area contributed by atoms with Crippen LogP contribution >= 0.6 is 0 Å². The summed E-state index contributed by atoms with van der Waals surface area (Å²) in [5, 5.41) is 0.262. The van der Waals surface area contributed by atoms with Crippen molar-refractivity contribution in [3.63, 3.8) is 0 Å². The summed E-state index contributed by atoms with van der Waals surface area (Å²) in [5.74, 6) is 0. The number of hydrogen-bond acceptors (Lipinski definition) is 3. The first-order chi connectivity index (χ1) is 7.58. The first kappa shape index (κ1) is 11.4. The van der Waals surface area contributed by atoms with Crippen LogP contribution in [0, 0.1) is 0 Å². The van der Waals surface area contributed by atoms with E-state index < -0.39 is 8.80 Å². The van der Waals surface area contributed by atoms with Crippen molar-refractivity contribution in [1.82, 2.24) is 9.97 Å². The topological polar surface area (TPSA) is 42.9 Å². The summed E-state index contributed by atoms with van der Waals surface area (Å²) < 4.78 is 1.04. The molecule has 1 aromatic heterocycles. The Hall–Kier alpha value is -1.07. The van der Waals surface area contributed by atoms with Gasteiger partial charge in [0.2, 0.25) is 0 Å². The van der Waals surface area contributed by atoms with Gasteiger partial charge in [0.1, 0.15) is 5.69 Å². The Morgan fingerprint density at radius 3 is 2.56 bits per heavy atom. The van der Waals surface area contributed by atoms with Crippen LogP contribution in [0.2, 0.25) is 12.1 Å². The third-order valence-electron chi connectivity index (χ3n) is 3.15. The van der Waals surface area contributed by atoms with E-state index in [1.54, 1.807) is 18.6 Å². The van der Waals surface area contributed by atoms with Gasteiger partial charge in [0, 0.05) is 12.4 Å². The van der Waals surface area contributed by atoms with E-state index in [1.807, 2.05) is 0 Å². The molecule has 0 atom stereocenters. The average molecular weight is 235 g/mol. The molecular formula is C11H17N3OSi+. The van der Waals surface area contributed by atoms with Gasteiger partial charge in [-0.25, -0.2) is 0 Å². The second-order valence-electron chi connectivity index (χ2n) is 4.91. The van der Waals surface area contributed by atoms with Crippen LogP contribution in [0.25, 0.3) is 0 Å². The molecule has 2 rings (SSSR count). The smallest absolute Gasteiger partial charge is 0.158 e. The molecule has 1 aromatic rings. The summed E-state index contributed by atoms with van der Waals surface area (Å²) >= 11 is 0. The van der Waals surface area contributed by atoms with Crippen molar-refractivity contribution in [2.24, 2.45) is 0 Å². The molecule has 1 aliphatic heterocycles. The minimum atomic E-state index is -0.905. The molecule has 1 aliphatic rings. The maximum atomic E-state index is 12.1. The zero-order chi connectivity index (χ0) is 11.6. The van der Waals surface area contributed by atoms with E-state index in [9.17, 15) is 4.79 Å². The SMILES string of the molecule is C[N+]1(C)CC[Si](C(=O)c2cnccn2)CC1. The quantitative estimate of drug-likeness (QED) is 0.562. The zero-order valence-electron chi connectivity index (χ0n) is 9.81. The molecule has 0 bridgehead atoms. The van der Waals surface area contributed by atoms with E-state index in [0.717, 1.165) is 29.7 Å². The van der Waals surface area contributed by atoms with Crippen molar-refractivity contribution >= 4 is 14.2 Å². The molecule has 2 heterocycles. The summed E-state index contributed by atoms with van der Waals surface area (Å²) in [6, 6.07) is 2.13. The van der Waals surface area contributed by atoms with Gasteiger partial charge < -0.3 is 4.48 Å². The monoisotopic (exact) mass is 235 g/mol. The molecular weight excluding hydrogens is 218 g/mol. The van der Waals surface area contributed by atoms with Crippen LogP contribution in [0.1, 0.15) is 10.5 Å². The third-order valence-corrected chi connectivity index (χ3v) is 5.71. The lowest BCUT2D eigenvalue weighted by Gasteiger charge is -2.35. The van der Waals surface area contributed by atoms with Crippen molar-refractivity contribution in [3.05, 3.63) is 24.3 Å². The summed E-state index contributed by atoms with van der Waals surface area (Å²) in [4.78, 5) is 20.2. The highest BCUT2D eigenvalue weighted by molar-refractivity contribution is 6.92. The van der Waals surface area contributed by atoms with E-state index in [0.29, 0.717) is 5.69 Å². The van der Waals surface area contributed by atoms with Crippen LogP contribution in [0.4, 0.5) is 0 Å². The molecule has 0 spiro atoms. The molecule has 1 fully saturated rings. The Balaban J connectivity index is 2.03. The highest BCUT2D eigenvalue weighted by atomic mass is 28.3. The molecule has 4 nitrogen and oxygen atoms in total. The molecule has 1 saturated heterocycles. The van der Waals surface area contributed by atoms with Gasteiger partial charge in [0.25, 0.3) is 0 Å². The number of aromatic nitrogens is 2. The van der Waals surface area contributed by atoms with Crippen LogP contribution in [0.3, 0.4) is 0 Å². The molecule has 0 aromatic carbocycles. The van der Waals surface area contributed by atoms with Crippen molar-refractivity contribution in [2.45, 2.75) is 12.1 Å². The second-order valence-corrected chi connectivity index (χ2v) is 7.57. The number of carbonyl (C=O) groups excluding carboxylic acids is 1. The van der Waals surface area contributed by atoms with E-state index in [2.05, 4.69) is 24.1 Å². The lowest BCUT2D eigenvalue weighted by molar-refractivity contribution is -0.888. The van der Waals surface area contributed by atoms with Gasteiger partial charge >= 0.3 is 0 Å². The van der Waals surface area contributed by atoms with Crippen molar-refractivity contribution in [1.29, 1.82) is 0 Å². The Kier molecular flexibility index (Phi) is 3.16. The van der Waals surface area contributed by atoms with Crippen LogP contribution in [0.15, 0.2) is 18.6 Å². The van der Waals surface area contributed by atoms with Gasteiger partial charge in [-0.1, -0.05) is 0 Å². The number of nitrogens with zero attached hydrogens (tertiary/aromatic N) is 3. The number of rotatable bonds is 2. The fourth-order valence-corrected chi connectivity index (χ4v) is 4.88. The Morgan fingerprint density at radius 1 is 1.31 bits per heavy atom. The lowest BCUT2D eigenvalue weighted by atomic mass is 10.4. The first-order valence-corrected chi connectivity index (χ1v) is 7.47. The maximum Gasteiger partial charge on any atom is 0.158 e. The molecule has 16 heavy (non-hydrogen) atoms. The Labute approximate surface area is 97.5 Å². The molecule has 5 heteroatoms. The van der Waals surface area contributed by atoms with Crippen molar-refractivity contribution in [2.75, 3.05) is 27.2 Å². The van der Waals surface area contributed by atoms with Crippen LogP contribution in [-0.2, 0) is 0 Å². The Morgan fingerprint density at radius 2 is 2.00 bits per heavy atom. The van der Waals surface area contributed by atoms with Crippen LogP contribution in [0.5, 0.6) is 0 Å². The van der Waals surface area contributed by atoms with Crippen LogP contribution in [-0.4, -0.2) is 55.8 Å². The van der Waals surface area contributed by atoms with E-state index in [4.69, 9.17) is 0 Å². The predicted molar refractivity (Wildman–Crippen MR) is 63.6 cm³/mol. The minimum Gasteiger partial charge on any atom is -0.329 e. The van der Waals surface area contributed by atoms with E-state index >= 15 is 0 Å². The highest BCUT2D eigenvalue weighted by Crippen LogP contribution is 2.17. The molecule has 0 unspecified atom stereocenters. The fraction of sp³-hybridized carbons (Fsp3) is 0.545. The van der Waals surface area contributed by atoms with Gasteiger partial charge in [-0.2, -0.15) is 0 Å². The van der Waals surface area contributed by atoms with Crippen molar-refractivity contribution in [3.8, 4) is 0 Å². The number of carbonyl (C=O) groups is 1. The number of quaternary nitrogens is 1. The maximum absolute atomic E-state index is 12.1. The van der Waals surface area contributed by atoms with E-state index in [1.165, 1.54) is 0 Å². The summed E-state index contributed by atoms with van der Waals surface area (Å²) in [5.41, 5.74) is 0.559. The molecule has 0 amide bonds. The molecule has 85 valence electrons. The predicted octanol–water partition coefficient (Wildman–Crippen LogP) is 0.783. The van der Waals surface area contributed by atoms with Gasteiger partial charge in [-0.3, -0.25) is 14.8 Å². The minimum absolute atomic E-state index is 0.262. The lowest BCUT2D eigenvalue weighted by Crippen LogP contribution is -2.50. The fourth-order valence-electron chi connectivity index (χ4n) is 1.94. The van der Waals surface area contributed by atoms with Crippen LogP contribution < -0.4 is 0 Å². The highest BCUT2D eigenvalue weighted by Gasteiger charge is 2.33. The molecule has 1 radical (unpaired) electrons. The summed E-state index contributed by atoms with van der Waals surface area (Å²) in [6.07, 6.45) is 4.79. The summed E-state index contributed by atoms with van der Waals surface area (Å²) in [7, 11) is 3.55. The number of hydrogen-bond donors (Lipinski definition) is 0. The Bertz CT molecular complexity index is 370. The second kappa shape index (κ2) is 4.43. The van der Waals surface area contributed by atoms with Gasteiger partial charge in [0.05, 0.1) is 33.4 Å². The van der Waals surface area contributed by atoms with E-state index in [-0.39, 0.29) is 5.41 Å². The third kappa shape index (κ3) is 2.54. The van der Waals surface area contributed by atoms with Gasteiger partial charge in [0.15, 0.2) is 14.2 Å². The standard InChI is InChI=1S/C11H17N3OSi/c1-14(2)5-7-16(8-6-14)11(15)10-9-12-3-4-13-10/h3-4,9H,5-8H2,1-2H3/q+1. The zero-order valence-corrected chi connectivity index (χ0v) is 10.8. The first-order valence-electron chi connectivity index (χ1n) is 5.56. The molecule has 0 saturated carbocycles. The largest absolute Gasteiger partial charge is 0.329 e. The van der Waals surface area contributed by atoms with Crippen molar-refractivity contribution < 1.29 is 9.28 Å².